The van der Waals surface area contributed by atoms with Crippen LogP contribution in [0.5, 0.6) is 11.5 Å². The van der Waals surface area contributed by atoms with E-state index in [1.807, 2.05) is 0 Å². The van der Waals surface area contributed by atoms with E-state index in [0.717, 1.165) is 18.2 Å². The minimum atomic E-state index is -4.73. The first kappa shape index (κ1) is 21.4. The molecular formula is C18H15ClF3NO5. The number of alkyl halides is 3. The molecule has 0 saturated heterocycles. The molecule has 28 heavy (non-hydrogen) atoms. The van der Waals surface area contributed by atoms with Gasteiger partial charge in [0.25, 0.3) is 5.91 Å². The van der Waals surface area contributed by atoms with Crippen LogP contribution in [-0.2, 0) is 15.7 Å². The van der Waals surface area contributed by atoms with Gasteiger partial charge in [0.2, 0.25) is 0 Å². The smallest absolute Gasteiger partial charge is 0.417 e. The largest absolute Gasteiger partial charge is 0.495 e. The number of esters is 1. The third kappa shape index (κ3) is 5.07. The molecule has 0 aliphatic carbocycles. The molecule has 0 spiro atoms. The van der Waals surface area contributed by atoms with E-state index in [1.165, 1.54) is 32.4 Å². The van der Waals surface area contributed by atoms with Crippen molar-refractivity contribution in [2.24, 2.45) is 0 Å². The second kappa shape index (κ2) is 8.83. The molecule has 2 rings (SSSR count). The highest BCUT2D eigenvalue weighted by molar-refractivity contribution is 6.32. The SMILES string of the molecule is COc1cc(NC(=O)COC(=O)c2ccccc2C(F)(F)F)c(OC)cc1Cl. The second-order valence-corrected chi connectivity index (χ2v) is 5.76. The number of anilines is 1. The van der Waals surface area contributed by atoms with Gasteiger partial charge in [0.05, 0.1) is 36.1 Å². The lowest BCUT2D eigenvalue weighted by Crippen LogP contribution is -2.22. The zero-order valence-electron chi connectivity index (χ0n) is 14.7. The number of ether oxygens (including phenoxy) is 3. The van der Waals surface area contributed by atoms with Gasteiger partial charge in [-0.25, -0.2) is 4.79 Å². The van der Waals surface area contributed by atoms with Gasteiger partial charge in [0.15, 0.2) is 6.61 Å². The number of carbonyl (C=O) groups is 2. The summed E-state index contributed by atoms with van der Waals surface area (Å²) in [5.41, 5.74) is -1.65. The zero-order chi connectivity index (χ0) is 20.9. The van der Waals surface area contributed by atoms with Crippen LogP contribution in [0.2, 0.25) is 5.02 Å². The molecule has 0 fully saturated rings. The molecule has 0 aliphatic heterocycles. The Balaban J connectivity index is 2.09. The number of benzene rings is 2. The van der Waals surface area contributed by atoms with Crippen molar-refractivity contribution >= 4 is 29.2 Å². The third-order valence-electron chi connectivity index (χ3n) is 3.53. The number of amides is 1. The molecule has 10 heteroatoms. The fourth-order valence-corrected chi connectivity index (χ4v) is 2.49. The lowest BCUT2D eigenvalue weighted by Gasteiger charge is -2.14. The number of rotatable bonds is 6. The van der Waals surface area contributed by atoms with Crippen LogP contribution < -0.4 is 14.8 Å². The molecule has 0 heterocycles. The number of hydrogen-bond donors (Lipinski definition) is 1. The third-order valence-corrected chi connectivity index (χ3v) is 3.83. The standard InChI is InChI=1S/C18H15ClF3NO5/c1-26-14-8-13(15(27-2)7-12(14)19)23-16(24)9-28-17(25)10-5-3-4-6-11(10)18(20,21)22/h3-8H,9H2,1-2H3,(H,23,24). The molecule has 0 bridgehead atoms. The van der Waals surface area contributed by atoms with Crippen molar-refractivity contribution in [2.75, 3.05) is 26.1 Å². The van der Waals surface area contributed by atoms with Crippen molar-refractivity contribution in [3.8, 4) is 11.5 Å². The van der Waals surface area contributed by atoms with Crippen molar-refractivity contribution in [2.45, 2.75) is 6.18 Å². The van der Waals surface area contributed by atoms with Crippen LogP contribution in [0, 0.1) is 0 Å². The van der Waals surface area contributed by atoms with E-state index in [-0.39, 0.29) is 22.2 Å². The van der Waals surface area contributed by atoms with Crippen LogP contribution in [0.4, 0.5) is 18.9 Å². The van der Waals surface area contributed by atoms with Crippen molar-refractivity contribution in [1.29, 1.82) is 0 Å². The molecular weight excluding hydrogens is 403 g/mol. The van der Waals surface area contributed by atoms with Gasteiger partial charge in [0, 0.05) is 12.1 Å². The van der Waals surface area contributed by atoms with E-state index in [4.69, 9.17) is 25.8 Å². The van der Waals surface area contributed by atoms with E-state index >= 15 is 0 Å². The number of hydrogen-bond acceptors (Lipinski definition) is 5. The quantitative estimate of drug-likeness (QED) is 0.714. The van der Waals surface area contributed by atoms with Crippen LogP contribution >= 0.6 is 11.6 Å². The van der Waals surface area contributed by atoms with Crippen molar-refractivity contribution in [3.63, 3.8) is 0 Å². The predicted octanol–water partition coefficient (Wildman–Crippen LogP) is 4.17. The Kier molecular flexibility index (Phi) is 6.74. The van der Waals surface area contributed by atoms with E-state index in [2.05, 4.69) is 5.32 Å². The summed E-state index contributed by atoms with van der Waals surface area (Å²) >= 11 is 5.96. The Morgan fingerprint density at radius 2 is 1.71 bits per heavy atom. The van der Waals surface area contributed by atoms with Gasteiger partial charge < -0.3 is 19.5 Å². The summed E-state index contributed by atoms with van der Waals surface area (Å²) < 4.78 is 53.7. The highest BCUT2D eigenvalue weighted by Gasteiger charge is 2.35. The molecule has 0 unspecified atom stereocenters. The van der Waals surface area contributed by atoms with E-state index in [9.17, 15) is 22.8 Å². The van der Waals surface area contributed by atoms with Crippen molar-refractivity contribution in [1.82, 2.24) is 0 Å². The minimum absolute atomic E-state index is 0.181. The Hall–Kier alpha value is -2.94. The van der Waals surface area contributed by atoms with E-state index in [0.29, 0.717) is 0 Å². The Morgan fingerprint density at radius 3 is 2.32 bits per heavy atom. The van der Waals surface area contributed by atoms with Crippen LogP contribution in [0.15, 0.2) is 36.4 Å². The maximum atomic E-state index is 13.0. The first-order valence-corrected chi connectivity index (χ1v) is 8.10. The number of halogens is 4. The summed E-state index contributed by atoms with van der Waals surface area (Å²) in [5.74, 6) is -1.59. The van der Waals surface area contributed by atoms with Crippen LogP contribution in [-0.4, -0.2) is 32.7 Å². The Labute approximate surface area is 163 Å². The van der Waals surface area contributed by atoms with E-state index in [1.54, 1.807) is 0 Å². The molecule has 0 aromatic heterocycles. The molecule has 0 radical (unpaired) electrons. The monoisotopic (exact) mass is 417 g/mol. The van der Waals surface area contributed by atoms with Gasteiger partial charge in [0.1, 0.15) is 11.5 Å². The maximum Gasteiger partial charge on any atom is 0.417 e. The summed E-state index contributed by atoms with van der Waals surface area (Å²) in [5, 5.41) is 2.66. The lowest BCUT2D eigenvalue weighted by atomic mass is 10.1. The summed E-state index contributed by atoms with van der Waals surface area (Å²) in [6.45, 7) is -0.806. The Morgan fingerprint density at radius 1 is 1.07 bits per heavy atom. The summed E-state index contributed by atoms with van der Waals surface area (Å²) in [6.07, 6.45) is -4.73. The first-order chi connectivity index (χ1) is 13.2. The molecule has 1 N–H and O–H groups in total. The molecule has 2 aromatic carbocycles. The van der Waals surface area contributed by atoms with Gasteiger partial charge in [-0.2, -0.15) is 13.2 Å². The topological polar surface area (TPSA) is 73.9 Å². The van der Waals surface area contributed by atoms with Gasteiger partial charge in [-0.05, 0) is 12.1 Å². The summed E-state index contributed by atoms with van der Waals surface area (Å²) in [4.78, 5) is 24.0. The lowest BCUT2D eigenvalue weighted by molar-refractivity contribution is -0.138. The number of carbonyl (C=O) groups excluding carboxylic acids is 2. The number of nitrogens with one attached hydrogen (secondary N) is 1. The average molecular weight is 418 g/mol. The van der Waals surface area contributed by atoms with Gasteiger partial charge in [-0.1, -0.05) is 23.7 Å². The van der Waals surface area contributed by atoms with Gasteiger partial charge >= 0.3 is 12.1 Å². The minimum Gasteiger partial charge on any atom is -0.495 e. The van der Waals surface area contributed by atoms with Gasteiger partial charge in [-0.3, -0.25) is 4.79 Å². The van der Waals surface area contributed by atoms with Gasteiger partial charge in [-0.15, -0.1) is 0 Å². The molecule has 0 atom stereocenters. The second-order valence-electron chi connectivity index (χ2n) is 5.35. The van der Waals surface area contributed by atoms with Crippen LogP contribution in [0.1, 0.15) is 15.9 Å². The van der Waals surface area contributed by atoms with Crippen molar-refractivity contribution < 1.29 is 37.0 Å². The number of methoxy groups -OCH3 is 2. The molecule has 6 nitrogen and oxygen atoms in total. The van der Waals surface area contributed by atoms with Crippen molar-refractivity contribution in [3.05, 3.63) is 52.5 Å². The van der Waals surface area contributed by atoms with Crippen LogP contribution in [0.3, 0.4) is 0 Å². The average Bonchev–Trinajstić information content (AvgIpc) is 2.66. The summed E-state index contributed by atoms with van der Waals surface area (Å²) in [7, 11) is 2.72. The fourth-order valence-electron chi connectivity index (χ4n) is 2.26. The molecule has 2 aromatic rings. The predicted molar refractivity (Wildman–Crippen MR) is 94.9 cm³/mol. The normalized spacial score (nSPS) is 10.9. The molecule has 0 aliphatic rings. The molecule has 1 amide bonds. The maximum absolute atomic E-state index is 13.0. The highest BCUT2D eigenvalue weighted by atomic mass is 35.5. The molecule has 0 saturated carbocycles. The zero-order valence-corrected chi connectivity index (χ0v) is 15.5. The first-order valence-electron chi connectivity index (χ1n) is 7.72. The molecule has 150 valence electrons. The fraction of sp³-hybridized carbons (Fsp3) is 0.222. The summed E-state index contributed by atoms with van der Waals surface area (Å²) in [6, 6.07) is 6.92. The van der Waals surface area contributed by atoms with E-state index < -0.39 is 35.8 Å². The highest BCUT2D eigenvalue weighted by Crippen LogP contribution is 2.36. The Bertz CT molecular complexity index is 886. The van der Waals surface area contributed by atoms with Crippen LogP contribution in [0.25, 0.3) is 0 Å².